The van der Waals surface area contributed by atoms with E-state index in [9.17, 15) is 0 Å². The summed E-state index contributed by atoms with van der Waals surface area (Å²) in [6.45, 7) is 4.77. The van der Waals surface area contributed by atoms with Crippen molar-refractivity contribution in [3.05, 3.63) is 198 Å². The second-order valence-corrected chi connectivity index (χ2v) is 15.6. The van der Waals surface area contributed by atoms with Crippen molar-refractivity contribution in [1.29, 1.82) is 0 Å². The summed E-state index contributed by atoms with van der Waals surface area (Å²) in [6.07, 6.45) is 0. The van der Waals surface area contributed by atoms with E-state index in [1.165, 1.54) is 110 Å². The number of rotatable bonds is 2. The summed E-state index contributed by atoms with van der Waals surface area (Å²) < 4.78 is 2.54. The summed E-state index contributed by atoms with van der Waals surface area (Å²) >= 11 is 0. The van der Waals surface area contributed by atoms with Gasteiger partial charge in [-0.25, -0.2) is 0 Å². The number of aromatic nitrogens is 1. The maximum atomic E-state index is 2.54. The molecule has 0 fully saturated rings. The zero-order valence-corrected chi connectivity index (χ0v) is 29.7. The number of fused-ring (bicyclic) bond motifs is 15. The minimum Gasteiger partial charge on any atom is -0.309 e. The van der Waals surface area contributed by atoms with Gasteiger partial charge in [0.2, 0.25) is 0 Å². The van der Waals surface area contributed by atoms with E-state index >= 15 is 0 Å². The first-order valence-electron chi connectivity index (χ1n) is 18.8. The molecule has 0 spiro atoms. The molecule has 9 aromatic carbocycles. The van der Waals surface area contributed by atoms with Crippen LogP contribution in [0.3, 0.4) is 0 Å². The smallest absolute Gasteiger partial charge is 0.0544 e. The molecular formula is C52H35N. The molecule has 2 aliphatic carbocycles. The van der Waals surface area contributed by atoms with Crippen LogP contribution in [0.2, 0.25) is 0 Å². The number of nitrogens with zero attached hydrogens (tertiary/aromatic N) is 1. The highest BCUT2D eigenvalue weighted by Crippen LogP contribution is 2.52. The van der Waals surface area contributed by atoms with Crippen LogP contribution in [0.1, 0.15) is 47.6 Å². The van der Waals surface area contributed by atoms with E-state index < -0.39 is 0 Å². The maximum absolute atomic E-state index is 2.54. The van der Waals surface area contributed by atoms with Gasteiger partial charge in [-0.15, -0.1) is 0 Å². The molecule has 0 saturated carbocycles. The Bertz CT molecular complexity index is 3130. The summed E-state index contributed by atoms with van der Waals surface area (Å²) in [6, 6.07) is 64.1. The van der Waals surface area contributed by atoms with Gasteiger partial charge in [0.25, 0.3) is 0 Å². The van der Waals surface area contributed by atoms with Crippen molar-refractivity contribution >= 4 is 54.1 Å². The van der Waals surface area contributed by atoms with Crippen molar-refractivity contribution in [3.63, 3.8) is 0 Å². The quantitative estimate of drug-likeness (QED) is 0.161. The molecule has 0 atom stereocenters. The van der Waals surface area contributed by atoms with Crippen molar-refractivity contribution in [2.75, 3.05) is 0 Å². The van der Waals surface area contributed by atoms with Crippen LogP contribution in [0.4, 0.5) is 0 Å². The lowest BCUT2D eigenvalue weighted by Gasteiger charge is -2.21. The van der Waals surface area contributed by atoms with Crippen LogP contribution in [0.15, 0.2) is 170 Å². The molecule has 0 bridgehead atoms. The summed E-state index contributed by atoms with van der Waals surface area (Å²) in [4.78, 5) is 0. The maximum Gasteiger partial charge on any atom is 0.0544 e. The van der Waals surface area contributed by atoms with Gasteiger partial charge in [-0.3, -0.25) is 0 Å². The van der Waals surface area contributed by atoms with E-state index in [0.717, 1.165) is 0 Å². The Labute approximate surface area is 308 Å². The fourth-order valence-electron chi connectivity index (χ4n) is 10.2. The summed E-state index contributed by atoms with van der Waals surface area (Å²) in [7, 11) is 0. The van der Waals surface area contributed by atoms with E-state index in [-0.39, 0.29) is 11.3 Å². The van der Waals surface area contributed by atoms with Crippen molar-refractivity contribution in [1.82, 2.24) is 4.57 Å². The van der Waals surface area contributed by atoms with E-state index in [1.807, 2.05) is 0 Å². The van der Waals surface area contributed by atoms with Crippen molar-refractivity contribution in [3.8, 4) is 27.9 Å². The zero-order valence-electron chi connectivity index (χ0n) is 29.7. The second-order valence-electron chi connectivity index (χ2n) is 15.6. The average Bonchev–Trinajstić information content (AvgIpc) is 3.80. The summed E-state index contributed by atoms with van der Waals surface area (Å²) in [5.74, 6) is 0.194. The fraction of sp³-hybridized carbons (Fsp3) is 0.0769. The molecule has 10 aromatic rings. The molecular weight excluding hydrogens is 639 g/mol. The van der Waals surface area contributed by atoms with E-state index in [4.69, 9.17) is 0 Å². The van der Waals surface area contributed by atoms with Crippen LogP contribution in [0, 0.1) is 0 Å². The molecule has 1 aromatic heterocycles. The Morgan fingerprint density at radius 3 is 1.60 bits per heavy atom. The number of hydrogen-bond donors (Lipinski definition) is 0. The molecule has 0 radical (unpaired) electrons. The lowest BCUT2D eigenvalue weighted by atomic mass is 9.82. The minimum absolute atomic E-state index is 0.0949. The zero-order chi connectivity index (χ0) is 35.0. The molecule has 12 rings (SSSR count). The first-order valence-corrected chi connectivity index (χ1v) is 18.8. The Morgan fingerprint density at radius 2 is 0.925 bits per heavy atom. The van der Waals surface area contributed by atoms with Gasteiger partial charge in [-0.1, -0.05) is 147 Å². The van der Waals surface area contributed by atoms with Crippen LogP contribution < -0.4 is 0 Å². The predicted octanol–water partition coefficient (Wildman–Crippen LogP) is 13.7. The average molecular weight is 674 g/mol. The Kier molecular flexibility index (Phi) is 5.69. The first-order chi connectivity index (χ1) is 26.1. The largest absolute Gasteiger partial charge is 0.309 e. The molecule has 0 unspecified atom stereocenters. The van der Waals surface area contributed by atoms with Gasteiger partial charge in [0, 0.05) is 27.8 Å². The molecule has 0 amide bonds. The lowest BCUT2D eigenvalue weighted by Crippen LogP contribution is -2.14. The van der Waals surface area contributed by atoms with Gasteiger partial charge in [0.05, 0.1) is 11.0 Å². The third kappa shape index (κ3) is 3.81. The fourth-order valence-corrected chi connectivity index (χ4v) is 10.2. The molecule has 1 nitrogen and oxygen atoms in total. The third-order valence-electron chi connectivity index (χ3n) is 12.6. The number of hydrogen-bond acceptors (Lipinski definition) is 0. The lowest BCUT2D eigenvalue weighted by molar-refractivity contribution is 0.661. The van der Waals surface area contributed by atoms with Gasteiger partial charge >= 0.3 is 0 Å². The molecule has 53 heavy (non-hydrogen) atoms. The van der Waals surface area contributed by atoms with Gasteiger partial charge in [0.1, 0.15) is 0 Å². The molecule has 248 valence electrons. The van der Waals surface area contributed by atoms with Crippen molar-refractivity contribution in [2.24, 2.45) is 0 Å². The summed E-state index contributed by atoms with van der Waals surface area (Å²) in [5, 5.41) is 10.4. The van der Waals surface area contributed by atoms with Crippen LogP contribution >= 0.6 is 0 Å². The highest BCUT2D eigenvalue weighted by molar-refractivity contribution is 6.25. The third-order valence-corrected chi connectivity index (χ3v) is 12.6. The SMILES string of the molecule is CC1(C)c2ccccc2-c2cc3c4cc(C5c6ccccc6-c6ccccc65)ccc4n(-c4ccc5c6ccccc6c6ccccc6c5c4)c3cc21. The summed E-state index contributed by atoms with van der Waals surface area (Å²) in [5.41, 5.74) is 15.9. The molecule has 2 aliphatic rings. The van der Waals surface area contributed by atoms with E-state index in [2.05, 4.69) is 188 Å². The van der Waals surface area contributed by atoms with Crippen LogP contribution in [-0.4, -0.2) is 4.57 Å². The van der Waals surface area contributed by atoms with Crippen molar-refractivity contribution in [2.45, 2.75) is 25.2 Å². The molecule has 0 N–H and O–H groups in total. The number of benzene rings is 9. The Hall–Kier alpha value is -6.44. The second kappa shape index (κ2) is 10.3. The van der Waals surface area contributed by atoms with E-state index in [0.29, 0.717) is 0 Å². The molecule has 1 heteroatoms. The standard InChI is InChI=1S/C52H35N/c1-52(2)47-22-12-11-19-40(47)44-29-46-45-27-31(51-41-20-9-7-16-36(41)37-17-8-10-21-42(37)51)23-26-49(45)53(50(46)30-48(44)52)32-24-25-39-35-15-4-3-13-33(35)34-14-5-6-18-38(34)43(39)28-32/h3-30,51H,1-2H3. The minimum atomic E-state index is -0.0949. The van der Waals surface area contributed by atoms with Crippen LogP contribution in [0.5, 0.6) is 0 Å². The monoisotopic (exact) mass is 673 g/mol. The Balaban J connectivity index is 1.17. The van der Waals surface area contributed by atoms with Gasteiger partial charge < -0.3 is 4.57 Å². The van der Waals surface area contributed by atoms with Crippen LogP contribution in [-0.2, 0) is 5.41 Å². The van der Waals surface area contributed by atoms with Gasteiger partial charge in [0.15, 0.2) is 0 Å². The van der Waals surface area contributed by atoms with Gasteiger partial charge in [-0.2, -0.15) is 0 Å². The van der Waals surface area contributed by atoms with Crippen LogP contribution in [0.25, 0.3) is 82.1 Å². The molecule has 1 heterocycles. The molecule has 0 saturated heterocycles. The highest BCUT2D eigenvalue weighted by atomic mass is 15.0. The highest BCUT2D eigenvalue weighted by Gasteiger charge is 2.36. The molecule has 0 aliphatic heterocycles. The normalized spacial score (nSPS) is 14.3. The first kappa shape index (κ1) is 29.2. The van der Waals surface area contributed by atoms with E-state index in [1.54, 1.807) is 0 Å². The van der Waals surface area contributed by atoms with Crippen molar-refractivity contribution < 1.29 is 0 Å². The predicted molar refractivity (Wildman–Crippen MR) is 224 cm³/mol. The van der Waals surface area contributed by atoms with Gasteiger partial charge in [-0.05, 0) is 119 Å². The topological polar surface area (TPSA) is 4.93 Å². The Morgan fingerprint density at radius 1 is 0.377 bits per heavy atom.